The van der Waals surface area contributed by atoms with Crippen molar-refractivity contribution in [3.8, 4) is 0 Å². The predicted octanol–water partition coefficient (Wildman–Crippen LogP) is 5.06. The molecule has 0 spiro atoms. The molecule has 1 heterocycles. The molecule has 0 amide bonds. The first-order valence-electron chi connectivity index (χ1n) is 8.40. The first kappa shape index (κ1) is 22.3. The van der Waals surface area contributed by atoms with Crippen molar-refractivity contribution < 1.29 is 19.2 Å². The van der Waals surface area contributed by atoms with Gasteiger partial charge in [0.05, 0.1) is 0 Å². The second-order valence-corrected chi connectivity index (χ2v) is 8.63. The average Bonchev–Trinajstić information content (AvgIpc) is 2.63. The summed E-state index contributed by atoms with van der Waals surface area (Å²) in [5.74, 6) is 0. The smallest absolute Gasteiger partial charge is 0.358 e. The second-order valence-electron chi connectivity index (χ2n) is 6.64. The van der Waals surface area contributed by atoms with E-state index in [-0.39, 0.29) is 14.9 Å². The van der Waals surface area contributed by atoms with Crippen molar-refractivity contribution in [2.45, 2.75) is 11.8 Å². The Morgan fingerprint density at radius 1 is 0.964 bits per heavy atom. The van der Waals surface area contributed by atoms with Crippen LogP contribution in [0.15, 0.2) is 76.1 Å². The van der Waals surface area contributed by atoms with Crippen molar-refractivity contribution in [3.63, 3.8) is 0 Å². The van der Waals surface area contributed by atoms with E-state index in [2.05, 4.69) is 37.3 Å². The van der Waals surface area contributed by atoms with E-state index < -0.39 is 10.8 Å². The van der Waals surface area contributed by atoms with Gasteiger partial charge < -0.3 is 14.9 Å². The molecular formula is C24H25NNiOS-2. The fraction of sp³-hybridized carbons (Fsp3) is 0.125. The summed E-state index contributed by atoms with van der Waals surface area (Å²) >= 11 is 5.02. The summed E-state index contributed by atoms with van der Waals surface area (Å²) in [5, 5.41) is 0. The number of fused-ring (bicyclic) bond motifs is 2. The van der Waals surface area contributed by atoms with Gasteiger partial charge in [0.15, 0.2) is 0 Å². The van der Waals surface area contributed by atoms with Gasteiger partial charge in [0, 0.05) is 0 Å². The largest absolute Gasteiger partial charge is 0.358 e. The molecule has 0 fully saturated rings. The Bertz CT molecular complexity index is 1060. The fourth-order valence-corrected chi connectivity index (χ4v) is 5.14. The number of benzene rings is 2. The molecule has 2 aromatic carbocycles. The van der Waals surface area contributed by atoms with Crippen LogP contribution in [0.2, 0.25) is 0 Å². The van der Waals surface area contributed by atoms with Crippen molar-refractivity contribution in [1.82, 2.24) is 0 Å². The van der Waals surface area contributed by atoms with Gasteiger partial charge in [0.25, 0.3) is 0 Å². The summed E-state index contributed by atoms with van der Waals surface area (Å²) in [6, 6.07) is 14.6. The van der Waals surface area contributed by atoms with E-state index >= 15 is 0 Å². The number of nitrogens with zero attached hydrogens (tertiary/aromatic N) is 1. The molecule has 0 saturated heterocycles. The average molecular weight is 434 g/mol. The SMILES string of the molecule is Cc1ccccc1C1=C2C=C[C](=[Ni])C=C2S(=O)c2cc(N(C)C)ccc21.[CH3-].[CH3-]. The Morgan fingerprint density at radius 2 is 1.68 bits per heavy atom. The van der Waals surface area contributed by atoms with E-state index in [0.29, 0.717) is 0 Å². The molecule has 0 radical (unpaired) electrons. The minimum atomic E-state index is -1.24. The molecule has 0 N–H and O–H groups in total. The third-order valence-electron chi connectivity index (χ3n) is 4.76. The van der Waals surface area contributed by atoms with Gasteiger partial charge in [0.2, 0.25) is 0 Å². The van der Waals surface area contributed by atoms with Crippen LogP contribution in [0.5, 0.6) is 0 Å². The minimum Gasteiger partial charge on any atom is -0.358 e. The monoisotopic (exact) mass is 433 g/mol. The zero-order valence-corrected chi connectivity index (χ0v) is 18.7. The molecule has 28 heavy (non-hydrogen) atoms. The van der Waals surface area contributed by atoms with Crippen LogP contribution in [0.1, 0.15) is 16.7 Å². The van der Waals surface area contributed by atoms with Crippen LogP contribution in [-0.4, -0.2) is 22.8 Å². The number of allylic oxidation sites excluding steroid dienone is 4. The van der Waals surface area contributed by atoms with Gasteiger partial charge in [-0.2, -0.15) is 0 Å². The van der Waals surface area contributed by atoms with E-state index in [4.69, 9.17) is 15.0 Å². The predicted molar refractivity (Wildman–Crippen MR) is 119 cm³/mol. The Kier molecular flexibility index (Phi) is 6.80. The summed E-state index contributed by atoms with van der Waals surface area (Å²) in [5.41, 5.74) is 6.61. The van der Waals surface area contributed by atoms with Gasteiger partial charge in [-0.15, -0.1) is 0 Å². The Labute approximate surface area is 179 Å². The summed E-state index contributed by atoms with van der Waals surface area (Å²) < 4.78 is 14.1. The molecule has 2 nitrogen and oxygen atoms in total. The van der Waals surface area contributed by atoms with Crippen molar-refractivity contribution in [3.05, 3.63) is 103 Å². The Hall–Kier alpha value is -2.03. The molecule has 1 aliphatic heterocycles. The molecule has 0 saturated carbocycles. The summed E-state index contributed by atoms with van der Waals surface area (Å²) in [4.78, 5) is 3.70. The van der Waals surface area contributed by atoms with E-state index in [0.717, 1.165) is 36.7 Å². The standard InChI is InChI=1S/C22H19NOS.2CH3.Ni/c1-15-8-4-5-9-17(15)22-18-10-6-7-11-20(18)25(24)21-14-16(23(2)3)12-13-19(21)22;;;/h4-6,8-14H,1-3H3;2*1H3;/q;2*-1;. The van der Waals surface area contributed by atoms with Crippen LogP contribution < -0.4 is 4.90 Å². The van der Waals surface area contributed by atoms with Gasteiger partial charge in [-0.1, -0.05) is 0 Å². The zero-order chi connectivity index (χ0) is 18.4. The molecular weight excluding hydrogens is 409 g/mol. The van der Waals surface area contributed by atoms with E-state index in [1.807, 2.05) is 49.4 Å². The summed E-state index contributed by atoms with van der Waals surface area (Å²) in [7, 11) is 2.76. The van der Waals surface area contributed by atoms with Gasteiger partial charge in [-0.25, -0.2) is 0 Å². The van der Waals surface area contributed by atoms with E-state index in [1.165, 1.54) is 11.1 Å². The van der Waals surface area contributed by atoms with Gasteiger partial charge in [0.1, 0.15) is 0 Å². The van der Waals surface area contributed by atoms with Crippen LogP contribution in [0.3, 0.4) is 0 Å². The fourth-order valence-electron chi connectivity index (χ4n) is 3.40. The molecule has 2 aromatic rings. The summed E-state index contributed by atoms with van der Waals surface area (Å²) in [6.07, 6.45) is 5.86. The number of hydrogen-bond acceptors (Lipinski definition) is 2. The van der Waals surface area contributed by atoms with Gasteiger partial charge in [-0.3, -0.25) is 0 Å². The molecule has 4 heteroatoms. The van der Waals surface area contributed by atoms with Crippen LogP contribution >= 0.6 is 0 Å². The van der Waals surface area contributed by atoms with Crippen molar-refractivity contribution in [2.75, 3.05) is 19.0 Å². The van der Waals surface area contributed by atoms with E-state index in [9.17, 15) is 4.21 Å². The molecule has 1 atom stereocenters. The number of hydrogen-bond donors (Lipinski definition) is 0. The molecule has 1 unspecified atom stereocenters. The number of anilines is 1. The van der Waals surface area contributed by atoms with Crippen LogP contribution in [-0.2, 0) is 25.8 Å². The Balaban J connectivity index is 0.00000140. The number of rotatable bonds is 2. The van der Waals surface area contributed by atoms with E-state index in [1.54, 1.807) is 0 Å². The van der Waals surface area contributed by atoms with Gasteiger partial charge >= 0.3 is 164 Å². The maximum absolute atomic E-state index is 13.3. The topological polar surface area (TPSA) is 20.3 Å². The Morgan fingerprint density at radius 3 is 2.36 bits per heavy atom. The molecule has 150 valence electrons. The first-order chi connectivity index (χ1) is 12.5. The van der Waals surface area contributed by atoms with Crippen molar-refractivity contribution >= 4 is 26.6 Å². The van der Waals surface area contributed by atoms with Crippen molar-refractivity contribution in [1.29, 1.82) is 0 Å². The molecule has 4 rings (SSSR count). The third kappa shape index (κ3) is 3.64. The molecule has 0 bridgehead atoms. The van der Waals surface area contributed by atoms with Crippen LogP contribution in [0.25, 0.3) is 5.57 Å². The zero-order valence-electron chi connectivity index (χ0n) is 16.9. The maximum Gasteiger partial charge on any atom is -0.358 e. The third-order valence-corrected chi connectivity index (χ3v) is 6.54. The molecule has 0 aromatic heterocycles. The first-order valence-corrected chi connectivity index (χ1v) is 10.0. The van der Waals surface area contributed by atoms with Crippen LogP contribution in [0.4, 0.5) is 5.69 Å². The quantitative estimate of drug-likeness (QED) is 0.487. The van der Waals surface area contributed by atoms with Gasteiger partial charge in [-0.05, 0) is 0 Å². The summed E-state index contributed by atoms with van der Waals surface area (Å²) in [6.45, 7) is 2.12. The maximum atomic E-state index is 13.3. The minimum absolute atomic E-state index is 0. The molecule has 1 aliphatic carbocycles. The second kappa shape index (κ2) is 8.55. The van der Waals surface area contributed by atoms with Crippen LogP contribution in [0, 0.1) is 21.8 Å². The number of aryl methyl sites for hydroxylation is 1. The van der Waals surface area contributed by atoms with Crippen molar-refractivity contribution in [2.24, 2.45) is 0 Å². The normalized spacial score (nSPS) is 17.1. The molecule has 2 aliphatic rings.